The zero-order valence-electron chi connectivity index (χ0n) is 19.6. The highest BCUT2D eigenvalue weighted by atomic mass is 35.5. The SMILES string of the molecule is CCN(CC)CC(=O)NCC(CCN(C)C)(c1ccc2ccccc2c1)C(C)C.Cl. The highest BCUT2D eigenvalue weighted by Crippen LogP contribution is 2.37. The van der Waals surface area contributed by atoms with Gasteiger partial charge >= 0.3 is 0 Å². The van der Waals surface area contributed by atoms with Crippen LogP contribution in [-0.2, 0) is 10.2 Å². The predicted molar refractivity (Wildman–Crippen MR) is 132 cm³/mol. The summed E-state index contributed by atoms with van der Waals surface area (Å²) < 4.78 is 0. The quantitative estimate of drug-likeness (QED) is 0.564. The summed E-state index contributed by atoms with van der Waals surface area (Å²) in [5, 5.41) is 5.79. The average molecular weight is 434 g/mol. The largest absolute Gasteiger partial charge is 0.354 e. The van der Waals surface area contributed by atoms with Gasteiger partial charge in [-0.05, 0) is 62.4 Å². The lowest BCUT2D eigenvalue weighted by atomic mass is 9.68. The van der Waals surface area contributed by atoms with Crippen LogP contribution in [0, 0.1) is 5.92 Å². The van der Waals surface area contributed by atoms with E-state index in [4.69, 9.17) is 0 Å². The number of carbonyl (C=O) groups is 1. The molecule has 0 fully saturated rings. The maximum absolute atomic E-state index is 12.7. The number of nitrogens with one attached hydrogen (secondary N) is 1. The summed E-state index contributed by atoms with van der Waals surface area (Å²) in [6.07, 6.45) is 1.00. The van der Waals surface area contributed by atoms with E-state index >= 15 is 0 Å². The van der Waals surface area contributed by atoms with Gasteiger partial charge in [0.15, 0.2) is 0 Å². The summed E-state index contributed by atoms with van der Waals surface area (Å²) in [7, 11) is 4.23. The Labute approximate surface area is 189 Å². The number of fused-ring (bicyclic) bond motifs is 1. The number of nitrogens with zero attached hydrogens (tertiary/aromatic N) is 2. The molecule has 2 aromatic carbocycles. The molecule has 2 rings (SSSR count). The van der Waals surface area contributed by atoms with Gasteiger partial charge in [0, 0.05) is 12.0 Å². The number of carbonyl (C=O) groups excluding carboxylic acids is 1. The number of amides is 1. The second kappa shape index (κ2) is 12.3. The van der Waals surface area contributed by atoms with E-state index in [2.05, 4.69) is 99.4 Å². The molecule has 1 amide bonds. The fraction of sp³-hybridized carbons (Fsp3) is 0.560. The number of rotatable bonds is 11. The van der Waals surface area contributed by atoms with Crippen LogP contribution in [0.25, 0.3) is 10.8 Å². The Bertz CT molecular complexity index is 789. The Morgan fingerprint density at radius 2 is 1.67 bits per heavy atom. The molecule has 1 atom stereocenters. The van der Waals surface area contributed by atoms with Gasteiger partial charge in [0.25, 0.3) is 0 Å². The van der Waals surface area contributed by atoms with Crippen molar-refractivity contribution in [2.45, 2.75) is 39.5 Å². The molecule has 0 aromatic heterocycles. The average Bonchev–Trinajstić information content (AvgIpc) is 2.71. The maximum atomic E-state index is 12.7. The van der Waals surface area contributed by atoms with Crippen molar-refractivity contribution in [3.8, 4) is 0 Å². The van der Waals surface area contributed by atoms with Crippen LogP contribution in [0.4, 0.5) is 0 Å². The van der Waals surface area contributed by atoms with E-state index < -0.39 is 0 Å². The van der Waals surface area contributed by atoms with Gasteiger partial charge in [0.05, 0.1) is 6.54 Å². The standard InChI is InChI=1S/C25H39N3O.ClH/c1-7-28(8-2)18-24(29)26-19-25(20(3)4,15-16-27(5)6)23-14-13-21-11-9-10-12-22(21)17-23;/h9-14,17,20H,7-8,15-16,18-19H2,1-6H3,(H,26,29);1H. The number of likely N-dealkylation sites (N-methyl/N-ethyl adjacent to an activating group) is 1. The molecule has 0 aliphatic carbocycles. The third-order valence-corrected chi connectivity index (χ3v) is 6.30. The van der Waals surface area contributed by atoms with E-state index in [1.54, 1.807) is 0 Å². The Kier molecular flexibility index (Phi) is 10.8. The molecule has 0 saturated carbocycles. The summed E-state index contributed by atoms with van der Waals surface area (Å²) in [4.78, 5) is 17.0. The number of hydrogen-bond acceptors (Lipinski definition) is 3. The summed E-state index contributed by atoms with van der Waals surface area (Å²) in [6.45, 7) is 12.7. The Morgan fingerprint density at radius 1 is 1.03 bits per heavy atom. The predicted octanol–water partition coefficient (Wildman–Crippen LogP) is 4.57. The number of benzene rings is 2. The molecule has 0 aliphatic heterocycles. The van der Waals surface area contributed by atoms with Crippen LogP contribution in [0.1, 0.15) is 39.7 Å². The molecule has 168 valence electrons. The zero-order valence-corrected chi connectivity index (χ0v) is 20.4. The molecule has 5 heteroatoms. The van der Waals surface area contributed by atoms with Gasteiger partial charge in [-0.15, -0.1) is 12.4 Å². The Morgan fingerprint density at radius 3 is 2.23 bits per heavy atom. The summed E-state index contributed by atoms with van der Waals surface area (Å²) >= 11 is 0. The summed E-state index contributed by atoms with van der Waals surface area (Å²) in [5.74, 6) is 0.515. The molecule has 2 aromatic rings. The zero-order chi connectivity index (χ0) is 21.4. The molecule has 0 saturated heterocycles. The van der Waals surface area contributed by atoms with Crippen molar-refractivity contribution < 1.29 is 4.79 Å². The molecule has 30 heavy (non-hydrogen) atoms. The fourth-order valence-electron chi connectivity index (χ4n) is 4.05. The van der Waals surface area contributed by atoms with Gasteiger partial charge in [-0.3, -0.25) is 9.69 Å². The second-order valence-corrected chi connectivity index (χ2v) is 8.66. The molecule has 0 bridgehead atoms. The molecular weight excluding hydrogens is 394 g/mol. The molecule has 4 nitrogen and oxygen atoms in total. The summed E-state index contributed by atoms with van der Waals surface area (Å²) in [6, 6.07) is 15.3. The second-order valence-electron chi connectivity index (χ2n) is 8.66. The van der Waals surface area contributed by atoms with Gasteiger partial charge in [-0.1, -0.05) is 70.2 Å². The smallest absolute Gasteiger partial charge is 0.234 e. The first kappa shape index (κ1) is 26.4. The van der Waals surface area contributed by atoms with Gasteiger partial charge < -0.3 is 10.2 Å². The first-order chi connectivity index (χ1) is 13.8. The Hall–Kier alpha value is -1.62. The van der Waals surface area contributed by atoms with Crippen LogP contribution in [0.5, 0.6) is 0 Å². The third-order valence-electron chi connectivity index (χ3n) is 6.30. The highest BCUT2D eigenvalue weighted by molar-refractivity contribution is 5.85. The van der Waals surface area contributed by atoms with Gasteiger partial charge in [0.1, 0.15) is 0 Å². The molecule has 0 heterocycles. The normalized spacial score (nSPS) is 13.5. The lowest BCUT2D eigenvalue weighted by Crippen LogP contribution is -2.48. The summed E-state index contributed by atoms with van der Waals surface area (Å²) in [5.41, 5.74) is 1.21. The lowest BCUT2D eigenvalue weighted by Gasteiger charge is -2.40. The third kappa shape index (κ3) is 6.69. The minimum Gasteiger partial charge on any atom is -0.354 e. The minimum absolute atomic E-state index is 0. The minimum atomic E-state index is -0.104. The van der Waals surface area contributed by atoms with Gasteiger partial charge in [0.2, 0.25) is 5.91 Å². The van der Waals surface area contributed by atoms with E-state index in [0.717, 1.165) is 26.1 Å². The van der Waals surface area contributed by atoms with Crippen molar-refractivity contribution in [3.63, 3.8) is 0 Å². The van der Waals surface area contributed by atoms with Crippen molar-refractivity contribution in [3.05, 3.63) is 48.0 Å². The molecule has 1 unspecified atom stereocenters. The van der Waals surface area contributed by atoms with E-state index in [-0.39, 0.29) is 23.7 Å². The molecule has 1 N–H and O–H groups in total. The number of halogens is 1. The van der Waals surface area contributed by atoms with Crippen molar-refractivity contribution in [2.24, 2.45) is 5.92 Å². The Balaban J connectivity index is 0.00000450. The van der Waals surface area contributed by atoms with E-state index in [1.807, 2.05) is 0 Å². The molecule has 0 aliphatic rings. The number of hydrogen-bond donors (Lipinski definition) is 1. The van der Waals surface area contributed by atoms with Crippen molar-refractivity contribution >= 4 is 29.1 Å². The van der Waals surface area contributed by atoms with Gasteiger partial charge in [-0.25, -0.2) is 0 Å². The van der Waals surface area contributed by atoms with Crippen LogP contribution in [0.3, 0.4) is 0 Å². The monoisotopic (exact) mass is 433 g/mol. The highest BCUT2D eigenvalue weighted by Gasteiger charge is 2.36. The first-order valence-corrected chi connectivity index (χ1v) is 11.0. The van der Waals surface area contributed by atoms with Crippen LogP contribution < -0.4 is 5.32 Å². The van der Waals surface area contributed by atoms with Crippen LogP contribution in [0.2, 0.25) is 0 Å². The van der Waals surface area contributed by atoms with Crippen LogP contribution >= 0.6 is 12.4 Å². The maximum Gasteiger partial charge on any atom is 0.234 e. The van der Waals surface area contributed by atoms with Crippen LogP contribution in [-0.4, -0.2) is 62.5 Å². The van der Waals surface area contributed by atoms with Gasteiger partial charge in [-0.2, -0.15) is 0 Å². The lowest BCUT2D eigenvalue weighted by molar-refractivity contribution is -0.122. The topological polar surface area (TPSA) is 35.6 Å². The van der Waals surface area contributed by atoms with Crippen LogP contribution in [0.15, 0.2) is 42.5 Å². The van der Waals surface area contributed by atoms with E-state index in [9.17, 15) is 4.79 Å². The fourth-order valence-corrected chi connectivity index (χ4v) is 4.05. The van der Waals surface area contributed by atoms with Crippen molar-refractivity contribution in [1.29, 1.82) is 0 Å². The van der Waals surface area contributed by atoms with Crippen molar-refractivity contribution in [1.82, 2.24) is 15.1 Å². The van der Waals surface area contributed by atoms with E-state index in [1.165, 1.54) is 16.3 Å². The van der Waals surface area contributed by atoms with Crippen molar-refractivity contribution in [2.75, 3.05) is 46.8 Å². The van der Waals surface area contributed by atoms with E-state index in [0.29, 0.717) is 19.0 Å². The molecular formula is C25H40ClN3O. The molecule has 0 radical (unpaired) electrons. The molecule has 0 spiro atoms. The first-order valence-electron chi connectivity index (χ1n) is 11.0.